The van der Waals surface area contributed by atoms with Gasteiger partial charge in [-0.25, -0.2) is 4.98 Å². The number of amides is 1. The van der Waals surface area contributed by atoms with Crippen LogP contribution in [0.25, 0.3) is 22.4 Å². The van der Waals surface area contributed by atoms with Crippen molar-refractivity contribution in [2.24, 2.45) is 0 Å². The molecule has 1 aromatic heterocycles. The highest BCUT2D eigenvalue weighted by atomic mass is 32.1. The van der Waals surface area contributed by atoms with E-state index in [-0.39, 0.29) is 18.6 Å². The van der Waals surface area contributed by atoms with Crippen LogP contribution in [0.3, 0.4) is 0 Å². The van der Waals surface area contributed by atoms with Crippen LogP contribution < -0.4 is 14.8 Å². The van der Waals surface area contributed by atoms with Gasteiger partial charge in [-0.15, -0.1) is 11.3 Å². The zero-order valence-corrected chi connectivity index (χ0v) is 18.8. The van der Waals surface area contributed by atoms with E-state index in [4.69, 9.17) is 9.47 Å². The van der Waals surface area contributed by atoms with Crippen molar-refractivity contribution in [3.8, 4) is 33.9 Å². The first kappa shape index (κ1) is 21.6. The average molecular weight is 445 g/mol. The number of anilines is 1. The lowest BCUT2D eigenvalue weighted by atomic mass is 10.1. The van der Waals surface area contributed by atoms with E-state index in [2.05, 4.69) is 22.4 Å². The number of carbonyl (C=O) groups excluding carboxylic acids is 1. The Kier molecular flexibility index (Phi) is 6.82. The molecule has 3 aromatic carbocycles. The predicted octanol–water partition coefficient (Wildman–Crippen LogP) is 6.28. The molecule has 0 aliphatic carbocycles. The minimum atomic E-state index is -0.251. The van der Waals surface area contributed by atoms with Gasteiger partial charge in [-0.2, -0.15) is 0 Å². The molecular formula is C26H24N2O3S. The molecule has 6 heteroatoms. The van der Waals surface area contributed by atoms with Crippen LogP contribution >= 0.6 is 11.3 Å². The summed E-state index contributed by atoms with van der Waals surface area (Å²) in [6.07, 6.45) is 0.131. The molecule has 0 saturated carbocycles. The molecule has 0 spiro atoms. The number of aromatic nitrogens is 1. The topological polar surface area (TPSA) is 60.5 Å². The van der Waals surface area contributed by atoms with E-state index in [1.807, 2.05) is 86.0 Å². The smallest absolute Gasteiger partial charge is 0.264 e. The van der Waals surface area contributed by atoms with Crippen LogP contribution in [-0.4, -0.2) is 23.6 Å². The van der Waals surface area contributed by atoms with Crippen molar-refractivity contribution in [2.75, 3.05) is 11.9 Å². The van der Waals surface area contributed by atoms with Gasteiger partial charge in [0.2, 0.25) is 0 Å². The first-order valence-electron chi connectivity index (χ1n) is 10.4. The van der Waals surface area contributed by atoms with Gasteiger partial charge in [-0.1, -0.05) is 42.5 Å². The van der Waals surface area contributed by atoms with Gasteiger partial charge in [0.05, 0.1) is 11.8 Å². The highest BCUT2D eigenvalue weighted by Gasteiger charge is 2.10. The van der Waals surface area contributed by atoms with E-state index in [0.717, 1.165) is 28.1 Å². The van der Waals surface area contributed by atoms with Crippen LogP contribution in [0.2, 0.25) is 0 Å². The monoisotopic (exact) mass is 444 g/mol. The maximum absolute atomic E-state index is 12.3. The third-order valence-electron chi connectivity index (χ3n) is 4.60. The number of nitrogens with zero attached hydrogens (tertiary/aromatic N) is 1. The molecular weight excluding hydrogens is 420 g/mol. The molecule has 0 fully saturated rings. The summed E-state index contributed by atoms with van der Waals surface area (Å²) in [5.41, 5.74) is 4.01. The third kappa shape index (κ3) is 5.74. The molecule has 4 rings (SSSR count). The second-order valence-corrected chi connectivity index (χ2v) is 8.31. The van der Waals surface area contributed by atoms with Crippen molar-refractivity contribution in [1.82, 2.24) is 4.98 Å². The van der Waals surface area contributed by atoms with E-state index < -0.39 is 0 Å². The number of benzene rings is 3. The van der Waals surface area contributed by atoms with Crippen molar-refractivity contribution in [1.29, 1.82) is 0 Å². The van der Waals surface area contributed by atoms with Crippen molar-refractivity contribution in [3.05, 3.63) is 84.2 Å². The van der Waals surface area contributed by atoms with Crippen LogP contribution in [0, 0.1) is 0 Å². The molecule has 0 atom stereocenters. The number of hydrogen-bond acceptors (Lipinski definition) is 5. The average Bonchev–Trinajstić information content (AvgIpc) is 3.27. The van der Waals surface area contributed by atoms with Gasteiger partial charge in [0.25, 0.3) is 5.91 Å². The number of ether oxygens (including phenoxy) is 2. The van der Waals surface area contributed by atoms with Gasteiger partial charge in [0, 0.05) is 10.9 Å². The standard InChI is InChI=1S/C26H24N2O3S/c1-18(2)31-23-14-10-21(11-15-23)24-17-32-26(27-24)28-25(29)16-30-22-12-8-20(9-13-22)19-6-4-3-5-7-19/h3-15,17-18H,16H2,1-2H3,(H,27,28,29). The van der Waals surface area contributed by atoms with Gasteiger partial charge in [-0.3, -0.25) is 10.1 Å². The maximum atomic E-state index is 12.3. The Hall–Kier alpha value is -3.64. The lowest BCUT2D eigenvalue weighted by molar-refractivity contribution is -0.118. The minimum absolute atomic E-state index is 0.0825. The van der Waals surface area contributed by atoms with Gasteiger partial charge < -0.3 is 9.47 Å². The molecule has 0 aliphatic rings. The Morgan fingerprint density at radius 3 is 2.19 bits per heavy atom. The second-order valence-electron chi connectivity index (χ2n) is 7.46. The molecule has 1 amide bonds. The van der Waals surface area contributed by atoms with Crippen molar-refractivity contribution in [3.63, 3.8) is 0 Å². The van der Waals surface area contributed by atoms with E-state index in [1.54, 1.807) is 0 Å². The summed E-state index contributed by atoms with van der Waals surface area (Å²) in [7, 11) is 0. The molecule has 162 valence electrons. The maximum Gasteiger partial charge on any atom is 0.264 e. The SMILES string of the molecule is CC(C)Oc1ccc(-c2csc(NC(=O)COc3ccc(-c4ccccc4)cc3)n2)cc1. The first-order chi connectivity index (χ1) is 15.6. The van der Waals surface area contributed by atoms with Crippen molar-refractivity contribution < 1.29 is 14.3 Å². The van der Waals surface area contributed by atoms with Crippen LogP contribution in [-0.2, 0) is 4.79 Å². The summed E-state index contributed by atoms with van der Waals surface area (Å²) >= 11 is 1.38. The van der Waals surface area contributed by atoms with Crippen LogP contribution in [0.15, 0.2) is 84.2 Å². The van der Waals surface area contributed by atoms with Gasteiger partial charge in [0.15, 0.2) is 11.7 Å². The summed E-state index contributed by atoms with van der Waals surface area (Å²) < 4.78 is 11.3. The molecule has 1 N–H and O–H groups in total. The summed E-state index contributed by atoms with van der Waals surface area (Å²) in [6, 6.07) is 25.6. The molecule has 5 nitrogen and oxygen atoms in total. The number of nitrogens with one attached hydrogen (secondary N) is 1. The quantitative estimate of drug-likeness (QED) is 0.347. The zero-order valence-electron chi connectivity index (χ0n) is 17.9. The molecule has 4 aromatic rings. The van der Waals surface area contributed by atoms with Gasteiger partial charge in [-0.05, 0) is 61.4 Å². The van der Waals surface area contributed by atoms with Crippen LogP contribution in [0.1, 0.15) is 13.8 Å². The highest BCUT2D eigenvalue weighted by Crippen LogP contribution is 2.27. The van der Waals surface area contributed by atoms with E-state index >= 15 is 0 Å². The molecule has 0 radical (unpaired) electrons. The molecule has 0 unspecified atom stereocenters. The van der Waals surface area contributed by atoms with E-state index in [1.165, 1.54) is 11.3 Å². The predicted molar refractivity (Wildman–Crippen MR) is 129 cm³/mol. The lowest BCUT2D eigenvalue weighted by Crippen LogP contribution is -2.20. The lowest BCUT2D eigenvalue weighted by Gasteiger charge is -2.09. The zero-order chi connectivity index (χ0) is 22.3. The van der Waals surface area contributed by atoms with E-state index in [0.29, 0.717) is 10.9 Å². The Morgan fingerprint density at radius 2 is 1.50 bits per heavy atom. The molecule has 0 saturated heterocycles. The Balaban J connectivity index is 1.30. The van der Waals surface area contributed by atoms with Crippen molar-refractivity contribution in [2.45, 2.75) is 20.0 Å². The minimum Gasteiger partial charge on any atom is -0.491 e. The fraction of sp³-hybridized carbons (Fsp3) is 0.154. The van der Waals surface area contributed by atoms with E-state index in [9.17, 15) is 4.79 Å². The van der Waals surface area contributed by atoms with Gasteiger partial charge >= 0.3 is 0 Å². The Bertz CT molecular complexity index is 1150. The number of hydrogen-bond donors (Lipinski definition) is 1. The van der Waals surface area contributed by atoms with Crippen LogP contribution in [0.4, 0.5) is 5.13 Å². The summed E-state index contributed by atoms with van der Waals surface area (Å²) in [5, 5.41) is 5.25. The Labute approximate surface area is 191 Å². The summed E-state index contributed by atoms with van der Waals surface area (Å²) in [4.78, 5) is 16.8. The number of thiazole rings is 1. The van der Waals surface area contributed by atoms with Crippen LogP contribution in [0.5, 0.6) is 11.5 Å². The molecule has 32 heavy (non-hydrogen) atoms. The third-order valence-corrected chi connectivity index (χ3v) is 5.36. The fourth-order valence-corrected chi connectivity index (χ4v) is 3.85. The Morgan fingerprint density at radius 1 is 0.875 bits per heavy atom. The summed E-state index contributed by atoms with van der Waals surface area (Å²) in [5.74, 6) is 1.21. The molecule has 0 aliphatic heterocycles. The molecule has 0 bridgehead atoms. The second kappa shape index (κ2) is 10.1. The molecule has 1 heterocycles. The normalized spacial score (nSPS) is 10.7. The van der Waals surface area contributed by atoms with Crippen molar-refractivity contribution >= 4 is 22.4 Å². The largest absolute Gasteiger partial charge is 0.491 e. The highest BCUT2D eigenvalue weighted by molar-refractivity contribution is 7.14. The first-order valence-corrected chi connectivity index (χ1v) is 11.3. The van der Waals surface area contributed by atoms with Gasteiger partial charge in [0.1, 0.15) is 11.5 Å². The summed E-state index contributed by atoms with van der Waals surface area (Å²) in [6.45, 7) is 3.90. The number of rotatable bonds is 8. The fourth-order valence-electron chi connectivity index (χ4n) is 3.12. The number of carbonyl (C=O) groups is 1.